The van der Waals surface area contributed by atoms with Crippen molar-refractivity contribution in [2.75, 3.05) is 0 Å². The number of para-hydroxylation sites is 2. The average molecular weight is 397 g/mol. The van der Waals surface area contributed by atoms with Gasteiger partial charge in [-0.1, -0.05) is 71.7 Å². The number of amides is 1. The van der Waals surface area contributed by atoms with Gasteiger partial charge in [0.1, 0.15) is 11.5 Å². The maximum absolute atomic E-state index is 12.9. The van der Waals surface area contributed by atoms with E-state index in [1.807, 2.05) is 48.5 Å². The number of fused-ring (bicyclic) bond motifs is 2. The maximum Gasteiger partial charge on any atom is 0.252 e. The molecule has 1 heterocycles. The number of carbonyl (C=O) groups is 1. The predicted octanol–water partition coefficient (Wildman–Crippen LogP) is 5.38. The van der Waals surface area contributed by atoms with Gasteiger partial charge in [-0.25, -0.2) is 5.43 Å². The van der Waals surface area contributed by atoms with Gasteiger partial charge in [0.05, 0.1) is 22.2 Å². The lowest BCUT2D eigenvalue weighted by Gasteiger charge is -2.26. The van der Waals surface area contributed by atoms with Crippen molar-refractivity contribution in [2.45, 2.75) is 5.92 Å². The summed E-state index contributed by atoms with van der Waals surface area (Å²) < 4.78 is 5.91. The fourth-order valence-corrected chi connectivity index (χ4v) is 3.40. The second kappa shape index (κ2) is 7.43. The molecule has 0 fully saturated rings. The van der Waals surface area contributed by atoms with E-state index in [4.69, 9.17) is 27.9 Å². The molecule has 4 rings (SSSR count). The number of hydrazone groups is 1. The molecule has 0 aromatic heterocycles. The number of nitrogens with zero attached hydrogens (tertiary/aromatic N) is 1. The molecule has 27 heavy (non-hydrogen) atoms. The van der Waals surface area contributed by atoms with Gasteiger partial charge in [0, 0.05) is 16.7 Å². The molecule has 1 aliphatic rings. The van der Waals surface area contributed by atoms with Crippen LogP contribution in [0.25, 0.3) is 0 Å². The molecule has 1 aliphatic heterocycles. The van der Waals surface area contributed by atoms with E-state index in [0.29, 0.717) is 27.1 Å². The first kappa shape index (κ1) is 17.6. The standard InChI is InChI=1S/C21H14Cl2N2O2/c22-16-9-5-6-13(20(16)23)12-24-25-21(26)19-14-7-1-3-10-17(14)27-18-11-4-2-8-15(18)19/h1-12,19H,(H,25,26)/b24-12+. The summed E-state index contributed by atoms with van der Waals surface area (Å²) in [6.45, 7) is 0. The Balaban J connectivity index is 1.62. The van der Waals surface area contributed by atoms with Crippen molar-refractivity contribution < 1.29 is 9.53 Å². The van der Waals surface area contributed by atoms with Crippen molar-refractivity contribution in [3.05, 3.63) is 93.5 Å². The van der Waals surface area contributed by atoms with Crippen molar-refractivity contribution in [3.8, 4) is 11.5 Å². The highest BCUT2D eigenvalue weighted by Crippen LogP contribution is 2.43. The minimum atomic E-state index is -0.516. The molecule has 6 heteroatoms. The SMILES string of the molecule is O=C(N/N=C/c1cccc(Cl)c1Cl)C1c2ccccc2Oc2ccccc21. The molecule has 0 bridgehead atoms. The van der Waals surface area contributed by atoms with Crippen LogP contribution in [0.1, 0.15) is 22.6 Å². The molecule has 1 amide bonds. The Morgan fingerprint density at radius 1 is 0.926 bits per heavy atom. The van der Waals surface area contributed by atoms with Crippen LogP contribution in [0, 0.1) is 0 Å². The van der Waals surface area contributed by atoms with E-state index in [0.717, 1.165) is 11.1 Å². The van der Waals surface area contributed by atoms with Gasteiger partial charge in [0.2, 0.25) is 0 Å². The molecule has 0 saturated carbocycles. The van der Waals surface area contributed by atoms with Crippen LogP contribution in [0.3, 0.4) is 0 Å². The summed E-state index contributed by atoms with van der Waals surface area (Å²) in [6.07, 6.45) is 1.48. The molecule has 0 saturated heterocycles. The summed E-state index contributed by atoms with van der Waals surface area (Å²) in [5.74, 6) is 0.558. The molecule has 0 atom stereocenters. The number of carbonyl (C=O) groups excluding carboxylic acids is 1. The van der Waals surface area contributed by atoms with E-state index < -0.39 is 5.92 Å². The van der Waals surface area contributed by atoms with Gasteiger partial charge in [-0.3, -0.25) is 4.79 Å². The second-order valence-electron chi connectivity index (χ2n) is 5.99. The number of halogens is 2. The first-order valence-corrected chi connectivity index (χ1v) is 9.03. The van der Waals surface area contributed by atoms with E-state index in [9.17, 15) is 4.79 Å². The van der Waals surface area contributed by atoms with Gasteiger partial charge < -0.3 is 4.74 Å². The lowest BCUT2D eigenvalue weighted by atomic mass is 9.87. The van der Waals surface area contributed by atoms with Crippen molar-refractivity contribution >= 4 is 35.3 Å². The Kier molecular flexibility index (Phi) is 4.84. The van der Waals surface area contributed by atoms with E-state index in [1.165, 1.54) is 6.21 Å². The summed E-state index contributed by atoms with van der Waals surface area (Å²) in [5, 5.41) is 4.87. The van der Waals surface area contributed by atoms with Crippen LogP contribution >= 0.6 is 23.2 Å². The molecular weight excluding hydrogens is 383 g/mol. The fraction of sp³-hybridized carbons (Fsp3) is 0.0476. The molecule has 0 spiro atoms. The maximum atomic E-state index is 12.9. The molecule has 0 aliphatic carbocycles. The van der Waals surface area contributed by atoms with Crippen LogP contribution < -0.4 is 10.2 Å². The summed E-state index contributed by atoms with van der Waals surface area (Å²) >= 11 is 12.1. The smallest absolute Gasteiger partial charge is 0.252 e. The third kappa shape index (κ3) is 3.42. The van der Waals surface area contributed by atoms with Crippen LogP contribution in [0.15, 0.2) is 71.8 Å². The monoisotopic (exact) mass is 396 g/mol. The topological polar surface area (TPSA) is 50.7 Å². The number of benzene rings is 3. The van der Waals surface area contributed by atoms with Crippen LogP contribution in [0.5, 0.6) is 11.5 Å². The lowest BCUT2D eigenvalue weighted by Crippen LogP contribution is -2.28. The van der Waals surface area contributed by atoms with E-state index in [2.05, 4.69) is 10.5 Å². The summed E-state index contributed by atoms with van der Waals surface area (Å²) in [5.41, 5.74) is 4.82. The fourth-order valence-electron chi connectivity index (χ4n) is 3.04. The minimum absolute atomic E-state index is 0.257. The van der Waals surface area contributed by atoms with Gasteiger partial charge in [-0.2, -0.15) is 5.10 Å². The van der Waals surface area contributed by atoms with Gasteiger partial charge in [-0.15, -0.1) is 0 Å². The largest absolute Gasteiger partial charge is 0.457 e. The Morgan fingerprint density at radius 2 is 1.56 bits per heavy atom. The van der Waals surface area contributed by atoms with Gasteiger partial charge in [0.25, 0.3) is 5.91 Å². The normalized spacial score (nSPS) is 13.0. The van der Waals surface area contributed by atoms with E-state index in [1.54, 1.807) is 18.2 Å². The molecule has 1 N–H and O–H groups in total. The summed E-state index contributed by atoms with van der Waals surface area (Å²) in [6, 6.07) is 20.2. The number of nitrogens with one attached hydrogen (secondary N) is 1. The third-order valence-corrected chi connectivity index (χ3v) is 5.14. The van der Waals surface area contributed by atoms with Gasteiger partial charge in [-0.05, 0) is 18.2 Å². The van der Waals surface area contributed by atoms with E-state index in [-0.39, 0.29) is 5.91 Å². The Labute approximate surface area is 166 Å². The molecule has 3 aromatic rings. The van der Waals surface area contributed by atoms with Crippen LogP contribution in [-0.4, -0.2) is 12.1 Å². The number of hydrogen-bond donors (Lipinski definition) is 1. The predicted molar refractivity (Wildman–Crippen MR) is 107 cm³/mol. The van der Waals surface area contributed by atoms with Gasteiger partial charge >= 0.3 is 0 Å². The molecule has 3 aromatic carbocycles. The zero-order chi connectivity index (χ0) is 18.8. The number of rotatable bonds is 3. The first-order chi connectivity index (χ1) is 13.1. The van der Waals surface area contributed by atoms with Crippen molar-refractivity contribution in [2.24, 2.45) is 5.10 Å². The Bertz CT molecular complexity index is 1000. The van der Waals surface area contributed by atoms with Gasteiger partial charge in [0.15, 0.2) is 0 Å². The summed E-state index contributed by atoms with van der Waals surface area (Å²) in [4.78, 5) is 12.9. The molecule has 134 valence electrons. The van der Waals surface area contributed by atoms with Crippen LogP contribution in [0.2, 0.25) is 10.0 Å². The zero-order valence-corrected chi connectivity index (χ0v) is 15.5. The Hall–Kier alpha value is -2.82. The molecule has 0 unspecified atom stereocenters. The molecular formula is C21H14Cl2N2O2. The van der Waals surface area contributed by atoms with Crippen molar-refractivity contribution in [3.63, 3.8) is 0 Å². The molecule has 0 radical (unpaired) electrons. The van der Waals surface area contributed by atoms with Crippen molar-refractivity contribution in [1.29, 1.82) is 0 Å². The molecule has 4 nitrogen and oxygen atoms in total. The number of hydrogen-bond acceptors (Lipinski definition) is 3. The number of ether oxygens (including phenoxy) is 1. The van der Waals surface area contributed by atoms with Crippen LogP contribution in [0.4, 0.5) is 0 Å². The highest BCUT2D eigenvalue weighted by molar-refractivity contribution is 6.43. The van der Waals surface area contributed by atoms with Crippen molar-refractivity contribution in [1.82, 2.24) is 5.43 Å². The zero-order valence-electron chi connectivity index (χ0n) is 14.0. The third-order valence-electron chi connectivity index (χ3n) is 4.30. The first-order valence-electron chi connectivity index (χ1n) is 8.28. The lowest BCUT2D eigenvalue weighted by molar-refractivity contribution is -0.121. The Morgan fingerprint density at radius 3 is 2.22 bits per heavy atom. The highest BCUT2D eigenvalue weighted by atomic mass is 35.5. The van der Waals surface area contributed by atoms with E-state index >= 15 is 0 Å². The highest BCUT2D eigenvalue weighted by Gasteiger charge is 2.32. The average Bonchev–Trinajstić information content (AvgIpc) is 2.69. The summed E-state index contributed by atoms with van der Waals surface area (Å²) in [7, 11) is 0. The minimum Gasteiger partial charge on any atom is -0.457 e. The van der Waals surface area contributed by atoms with Crippen LogP contribution in [-0.2, 0) is 4.79 Å². The second-order valence-corrected chi connectivity index (χ2v) is 6.77. The quantitative estimate of drug-likeness (QED) is 0.477.